The van der Waals surface area contributed by atoms with Crippen LogP contribution in [0.4, 0.5) is 17.1 Å². The standard InChI is InChI=1S/C12H9ClN4O4/c13-9-1-5-11(6-2-9)15(17(20)21)14-10-3-7-12(8-4-10)16(18)19/h1-8,14H. The molecule has 0 bridgehead atoms. The molecule has 9 heteroatoms. The largest absolute Gasteiger partial charge is 0.269 e. The van der Waals surface area contributed by atoms with E-state index >= 15 is 0 Å². The highest BCUT2D eigenvalue weighted by molar-refractivity contribution is 6.30. The molecule has 0 aromatic heterocycles. The van der Waals surface area contributed by atoms with Crippen LogP contribution in [0.1, 0.15) is 0 Å². The lowest BCUT2D eigenvalue weighted by molar-refractivity contribution is -0.490. The number of nitrogens with one attached hydrogen (secondary N) is 1. The van der Waals surface area contributed by atoms with Crippen LogP contribution in [0.3, 0.4) is 0 Å². The van der Waals surface area contributed by atoms with E-state index in [9.17, 15) is 20.2 Å². The number of anilines is 2. The zero-order valence-electron chi connectivity index (χ0n) is 10.5. The molecular formula is C12H9ClN4O4. The molecule has 1 N–H and O–H groups in total. The molecule has 0 aliphatic heterocycles. The molecule has 0 saturated heterocycles. The first-order chi connectivity index (χ1) is 9.97. The Morgan fingerprint density at radius 3 is 2.00 bits per heavy atom. The lowest BCUT2D eigenvalue weighted by atomic mass is 10.3. The molecule has 2 aromatic carbocycles. The molecule has 0 aliphatic rings. The minimum absolute atomic E-state index is 0.0975. The molecule has 0 aliphatic carbocycles. The number of rotatable bonds is 5. The second-order valence-electron chi connectivity index (χ2n) is 3.94. The van der Waals surface area contributed by atoms with Crippen LogP contribution in [0.5, 0.6) is 0 Å². The molecule has 2 rings (SSSR count). The smallest absolute Gasteiger partial charge is 0.258 e. The molecule has 108 valence electrons. The van der Waals surface area contributed by atoms with Gasteiger partial charge in [0.05, 0.1) is 10.6 Å². The van der Waals surface area contributed by atoms with E-state index in [4.69, 9.17) is 11.6 Å². The van der Waals surface area contributed by atoms with Gasteiger partial charge in [0, 0.05) is 22.3 Å². The van der Waals surface area contributed by atoms with Crippen molar-refractivity contribution in [2.45, 2.75) is 0 Å². The molecule has 0 unspecified atom stereocenters. The van der Waals surface area contributed by atoms with Crippen molar-refractivity contribution in [2.75, 3.05) is 10.5 Å². The number of halogens is 1. The van der Waals surface area contributed by atoms with Gasteiger partial charge in [-0.3, -0.25) is 10.1 Å². The second-order valence-corrected chi connectivity index (χ2v) is 4.38. The Labute approximate surface area is 123 Å². The number of nitrogens with zero attached hydrogens (tertiary/aromatic N) is 3. The first kappa shape index (κ1) is 14.5. The van der Waals surface area contributed by atoms with E-state index in [1.165, 1.54) is 48.5 Å². The average Bonchev–Trinajstić information content (AvgIpc) is 2.46. The van der Waals surface area contributed by atoms with Gasteiger partial charge in [0.25, 0.3) is 5.69 Å². The normalized spacial score (nSPS) is 9.95. The summed E-state index contributed by atoms with van der Waals surface area (Å²) in [4.78, 5) is 21.1. The summed E-state index contributed by atoms with van der Waals surface area (Å²) < 4.78 is 0. The monoisotopic (exact) mass is 308 g/mol. The van der Waals surface area contributed by atoms with Crippen LogP contribution in [0, 0.1) is 20.2 Å². The summed E-state index contributed by atoms with van der Waals surface area (Å²) in [6.45, 7) is 0. The van der Waals surface area contributed by atoms with Gasteiger partial charge in [-0.05, 0) is 36.4 Å². The van der Waals surface area contributed by atoms with Crippen LogP contribution < -0.4 is 10.5 Å². The van der Waals surface area contributed by atoms with E-state index in [1.807, 2.05) is 0 Å². The van der Waals surface area contributed by atoms with Crippen molar-refractivity contribution < 1.29 is 9.96 Å². The fourth-order valence-electron chi connectivity index (χ4n) is 1.56. The van der Waals surface area contributed by atoms with Gasteiger partial charge in [-0.15, -0.1) is 0 Å². The van der Waals surface area contributed by atoms with E-state index in [-0.39, 0.29) is 11.4 Å². The molecule has 0 amide bonds. The Morgan fingerprint density at radius 1 is 0.952 bits per heavy atom. The highest BCUT2D eigenvalue weighted by Gasteiger charge is 2.17. The summed E-state index contributed by atoms with van der Waals surface area (Å²) in [7, 11) is 0. The number of nitro benzene ring substituents is 1. The third kappa shape index (κ3) is 3.57. The quantitative estimate of drug-likeness (QED) is 0.672. The molecule has 0 fully saturated rings. The molecule has 0 saturated carbocycles. The second kappa shape index (κ2) is 6.06. The van der Waals surface area contributed by atoms with Crippen molar-refractivity contribution in [3.05, 3.63) is 73.8 Å². The fraction of sp³-hybridized carbons (Fsp3) is 0. The third-order valence-electron chi connectivity index (χ3n) is 2.55. The van der Waals surface area contributed by atoms with Crippen molar-refractivity contribution in [3.8, 4) is 0 Å². The Bertz CT molecular complexity index is 660. The molecule has 21 heavy (non-hydrogen) atoms. The van der Waals surface area contributed by atoms with Crippen molar-refractivity contribution in [3.63, 3.8) is 0 Å². The van der Waals surface area contributed by atoms with Gasteiger partial charge >= 0.3 is 0 Å². The minimum Gasteiger partial charge on any atom is -0.258 e. The number of non-ortho nitro benzene ring substituents is 1. The zero-order valence-corrected chi connectivity index (χ0v) is 11.2. The van der Waals surface area contributed by atoms with Gasteiger partial charge in [0.2, 0.25) is 0 Å². The minimum atomic E-state index is -0.648. The Hall–Kier alpha value is -2.87. The highest BCUT2D eigenvalue weighted by Crippen LogP contribution is 2.21. The summed E-state index contributed by atoms with van der Waals surface area (Å²) in [5.41, 5.74) is 3.06. The molecule has 0 spiro atoms. The van der Waals surface area contributed by atoms with Crippen LogP contribution in [0.15, 0.2) is 48.5 Å². The SMILES string of the molecule is O=[N+]([O-])c1ccc(NN(c2ccc(Cl)cc2)[N+](=O)[O-])cc1. The van der Waals surface area contributed by atoms with Gasteiger partial charge in [-0.25, -0.2) is 15.5 Å². The van der Waals surface area contributed by atoms with Crippen LogP contribution in [-0.4, -0.2) is 9.96 Å². The van der Waals surface area contributed by atoms with E-state index < -0.39 is 9.96 Å². The summed E-state index contributed by atoms with van der Waals surface area (Å²) in [6.07, 6.45) is 0. The van der Waals surface area contributed by atoms with Crippen molar-refractivity contribution in [2.24, 2.45) is 0 Å². The fourth-order valence-corrected chi connectivity index (χ4v) is 1.69. The Kier molecular flexibility index (Phi) is 4.19. The molecule has 0 radical (unpaired) electrons. The summed E-state index contributed by atoms with van der Waals surface area (Å²) in [5, 5.41) is 22.1. The van der Waals surface area contributed by atoms with Crippen molar-refractivity contribution in [1.29, 1.82) is 0 Å². The lowest BCUT2D eigenvalue weighted by Crippen LogP contribution is -2.35. The van der Waals surface area contributed by atoms with E-state index in [0.717, 1.165) is 0 Å². The first-order valence-electron chi connectivity index (χ1n) is 5.68. The van der Waals surface area contributed by atoms with E-state index in [2.05, 4.69) is 5.43 Å². The maximum Gasteiger partial charge on any atom is 0.269 e. The molecule has 8 nitrogen and oxygen atoms in total. The summed E-state index contributed by atoms with van der Waals surface area (Å²) in [5.74, 6) is 0. The summed E-state index contributed by atoms with van der Waals surface area (Å²) >= 11 is 5.73. The maximum atomic E-state index is 11.1. The zero-order chi connectivity index (χ0) is 15.4. The van der Waals surface area contributed by atoms with E-state index in [0.29, 0.717) is 15.8 Å². The Morgan fingerprint density at radius 2 is 1.52 bits per heavy atom. The number of benzene rings is 2. The molecule has 0 heterocycles. The predicted molar refractivity (Wildman–Crippen MR) is 77.6 cm³/mol. The van der Waals surface area contributed by atoms with Gasteiger partial charge in [-0.2, -0.15) is 0 Å². The number of hydrogen-bond donors (Lipinski definition) is 1. The molecular weight excluding hydrogens is 300 g/mol. The van der Waals surface area contributed by atoms with Gasteiger partial charge in [0.15, 0.2) is 5.03 Å². The first-order valence-corrected chi connectivity index (χ1v) is 6.06. The van der Waals surface area contributed by atoms with Gasteiger partial charge in [0.1, 0.15) is 5.69 Å². The summed E-state index contributed by atoms with van der Waals surface area (Å²) in [6, 6.07) is 11.3. The predicted octanol–water partition coefficient (Wildman–Crippen LogP) is 3.27. The van der Waals surface area contributed by atoms with Crippen molar-refractivity contribution in [1.82, 2.24) is 0 Å². The topological polar surface area (TPSA) is 102 Å². The van der Waals surface area contributed by atoms with Crippen LogP contribution in [-0.2, 0) is 0 Å². The maximum absolute atomic E-state index is 11.1. The Balaban J connectivity index is 2.22. The number of hydrazine groups is 2. The average molecular weight is 309 g/mol. The van der Waals surface area contributed by atoms with Gasteiger partial charge < -0.3 is 0 Å². The lowest BCUT2D eigenvalue weighted by Gasteiger charge is -2.15. The third-order valence-corrected chi connectivity index (χ3v) is 2.80. The number of nitro groups is 2. The van der Waals surface area contributed by atoms with Gasteiger partial charge in [-0.1, -0.05) is 11.6 Å². The molecule has 2 aromatic rings. The number of hydrogen-bond acceptors (Lipinski definition) is 5. The highest BCUT2D eigenvalue weighted by atomic mass is 35.5. The molecule has 0 atom stereocenters. The van der Waals surface area contributed by atoms with Crippen LogP contribution >= 0.6 is 11.6 Å². The van der Waals surface area contributed by atoms with Crippen LogP contribution in [0.2, 0.25) is 5.02 Å². The van der Waals surface area contributed by atoms with Crippen LogP contribution in [0.25, 0.3) is 0 Å². The van der Waals surface area contributed by atoms with Crippen molar-refractivity contribution >= 4 is 28.7 Å². The van der Waals surface area contributed by atoms with E-state index in [1.54, 1.807) is 0 Å².